The Morgan fingerprint density at radius 3 is 2.57 bits per heavy atom. The van der Waals surface area contributed by atoms with Gasteiger partial charge in [-0.2, -0.15) is 18.4 Å². The third-order valence-corrected chi connectivity index (χ3v) is 6.82. The number of anilines is 2. The number of carbonyl (C=O) groups excluding carboxylic acids is 1. The molecule has 2 fully saturated rings. The highest BCUT2D eigenvalue weighted by Crippen LogP contribution is 2.50. The van der Waals surface area contributed by atoms with Gasteiger partial charge in [-0.3, -0.25) is 9.69 Å². The maximum Gasteiger partial charge on any atom is 0.417 e. The third-order valence-electron chi connectivity index (χ3n) is 6.45. The van der Waals surface area contributed by atoms with E-state index >= 15 is 0 Å². The zero-order chi connectivity index (χ0) is 25.1. The lowest BCUT2D eigenvalue weighted by Crippen LogP contribution is -2.55. The topological polar surface area (TPSA) is 86.0 Å². The van der Waals surface area contributed by atoms with Gasteiger partial charge in [-0.25, -0.2) is 4.39 Å². The maximum absolute atomic E-state index is 15.0. The predicted octanol–water partition coefficient (Wildman–Crippen LogP) is 3.91. The Hall–Kier alpha value is -3.43. The largest absolute Gasteiger partial charge is 0.486 e. The molecule has 2 aromatic carbocycles. The van der Waals surface area contributed by atoms with E-state index in [9.17, 15) is 27.5 Å². The summed E-state index contributed by atoms with van der Waals surface area (Å²) in [5, 5.41) is 18.2. The summed E-state index contributed by atoms with van der Waals surface area (Å²) in [6, 6.07) is 7.04. The van der Waals surface area contributed by atoms with Crippen LogP contribution in [-0.4, -0.2) is 41.0 Å². The molecular weight excluding hydrogens is 490 g/mol. The number of hydrogen-bond donors (Lipinski definition) is 1. The van der Waals surface area contributed by atoms with Gasteiger partial charge in [0.2, 0.25) is 0 Å². The van der Waals surface area contributed by atoms with E-state index in [-0.39, 0.29) is 18.3 Å². The molecule has 0 unspecified atom stereocenters. The van der Waals surface area contributed by atoms with Crippen LogP contribution < -0.4 is 19.3 Å². The van der Waals surface area contributed by atoms with Crippen molar-refractivity contribution >= 4 is 34.6 Å². The van der Waals surface area contributed by atoms with Crippen LogP contribution in [0.3, 0.4) is 0 Å². The van der Waals surface area contributed by atoms with Crippen molar-refractivity contribution in [1.29, 1.82) is 5.26 Å². The molecule has 5 rings (SSSR count). The first-order valence-electron chi connectivity index (χ1n) is 10.6. The SMILES string of the molecule is N#Cc1cc(F)c(N2C(=O)C3(CCC3)N(c3ccc4c(c3)OC[C@H](CO)O4)C2=S)cc1C(F)(F)F. The van der Waals surface area contributed by atoms with Crippen molar-refractivity contribution in [1.82, 2.24) is 0 Å². The van der Waals surface area contributed by atoms with Crippen molar-refractivity contribution in [2.24, 2.45) is 0 Å². The molecule has 182 valence electrons. The van der Waals surface area contributed by atoms with Gasteiger partial charge in [-0.15, -0.1) is 0 Å². The van der Waals surface area contributed by atoms with E-state index in [1.54, 1.807) is 18.2 Å². The van der Waals surface area contributed by atoms with Crippen LogP contribution in [0.25, 0.3) is 0 Å². The monoisotopic (exact) mass is 507 g/mol. The number of ether oxygens (including phenoxy) is 2. The molecule has 1 spiro atoms. The molecule has 1 amide bonds. The first-order chi connectivity index (χ1) is 16.6. The summed E-state index contributed by atoms with van der Waals surface area (Å²) < 4.78 is 66.9. The molecule has 1 N–H and O–H groups in total. The molecule has 35 heavy (non-hydrogen) atoms. The van der Waals surface area contributed by atoms with Crippen LogP contribution in [0.2, 0.25) is 0 Å². The number of hydrogen-bond acceptors (Lipinski definition) is 6. The van der Waals surface area contributed by atoms with Crippen LogP contribution in [0.15, 0.2) is 30.3 Å². The van der Waals surface area contributed by atoms with E-state index < -0.39 is 46.4 Å². The Kier molecular flexibility index (Phi) is 5.37. The average Bonchev–Trinajstić information content (AvgIpc) is 3.04. The first-order valence-corrected chi connectivity index (χ1v) is 11.1. The average molecular weight is 507 g/mol. The Morgan fingerprint density at radius 2 is 1.97 bits per heavy atom. The van der Waals surface area contributed by atoms with Gasteiger partial charge in [0.25, 0.3) is 5.91 Å². The van der Waals surface area contributed by atoms with Crippen molar-refractivity contribution in [2.45, 2.75) is 37.1 Å². The Bertz CT molecular complexity index is 1290. The van der Waals surface area contributed by atoms with Gasteiger partial charge < -0.3 is 19.5 Å². The number of alkyl halides is 3. The molecular formula is C23H17F4N3O4S. The number of nitrogens with zero attached hydrogens (tertiary/aromatic N) is 3. The summed E-state index contributed by atoms with van der Waals surface area (Å²) in [6.45, 7) is -0.135. The second kappa shape index (κ2) is 8.07. The van der Waals surface area contributed by atoms with Gasteiger partial charge in [0.05, 0.1) is 29.5 Å². The van der Waals surface area contributed by atoms with Crippen molar-refractivity contribution in [2.75, 3.05) is 23.0 Å². The van der Waals surface area contributed by atoms with E-state index in [0.29, 0.717) is 48.6 Å². The predicted molar refractivity (Wildman–Crippen MR) is 119 cm³/mol. The lowest BCUT2D eigenvalue weighted by atomic mass is 9.75. The highest BCUT2D eigenvalue weighted by atomic mass is 32.1. The molecule has 12 heteroatoms. The minimum atomic E-state index is -4.94. The smallest absolute Gasteiger partial charge is 0.417 e. The number of rotatable bonds is 3. The number of benzene rings is 2. The summed E-state index contributed by atoms with van der Waals surface area (Å²) >= 11 is 5.51. The number of carbonyl (C=O) groups is 1. The summed E-state index contributed by atoms with van der Waals surface area (Å²) in [6.07, 6.45) is -4.06. The molecule has 0 radical (unpaired) electrons. The minimum absolute atomic E-state index is 0.101. The van der Waals surface area contributed by atoms with E-state index in [2.05, 4.69) is 0 Å². The highest BCUT2D eigenvalue weighted by Gasteiger charge is 2.60. The van der Waals surface area contributed by atoms with E-state index in [1.807, 2.05) is 0 Å². The van der Waals surface area contributed by atoms with Gasteiger partial charge in [-0.1, -0.05) is 0 Å². The van der Waals surface area contributed by atoms with E-state index in [1.165, 1.54) is 11.0 Å². The van der Waals surface area contributed by atoms with Crippen LogP contribution in [0.4, 0.5) is 28.9 Å². The number of fused-ring (bicyclic) bond motifs is 1. The Labute approximate surface area is 202 Å². The van der Waals surface area contributed by atoms with E-state index in [4.69, 9.17) is 27.0 Å². The number of thiocarbonyl (C=S) groups is 1. The fourth-order valence-electron chi connectivity index (χ4n) is 4.59. The number of aliphatic hydroxyl groups is 1. The van der Waals surface area contributed by atoms with Crippen molar-refractivity contribution in [3.63, 3.8) is 0 Å². The van der Waals surface area contributed by atoms with Gasteiger partial charge >= 0.3 is 6.18 Å². The van der Waals surface area contributed by atoms with Crippen molar-refractivity contribution in [3.8, 4) is 17.6 Å². The standard InChI is InChI=1S/C23H17F4N3O4S/c24-16-6-12(9-28)15(23(25,26)27)8-17(16)29-20(32)22(4-1-5-22)30(21(29)35)13-2-3-18-19(7-13)33-11-14(10-31)34-18/h2-3,6-8,14,31H,1,4-5,10-11H2/t14-/m0/s1. The molecule has 2 heterocycles. The third kappa shape index (κ3) is 3.49. The Morgan fingerprint density at radius 1 is 1.23 bits per heavy atom. The number of aliphatic hydroxyl groups excluding tert-OH is 1. The van der Waals surface area contributed by atoms with Crippen LogP contribution in [0.1, 0.15) is 30.4 Å². The molecule has 3 aliphatic rings. The molecule has 1 saturated heterocycles. The van der Waals surface area contributed by atoms with Gasteiger partial charge in [0, 0.05) is 11.8 Å². The summed E-state index contributed by atoms with van der Waals surface area (Å²) in [4.78, 5) is 15.8. The van der Waals surface area contributed by atoms with Crippen molar-refractivity contribution < 1.29 is 36.9 Å². The van der Waals surface area contributed by atoms with Gasteiger partial charge in [-0.05, 0) is 55.7 Å². The molecule has 1 atom stereocenters. The lowest BCUT2D eigenvalue weighted by Gasteiger charge is -2.43. The Balaban J connectivity index is 1.59. The van der Waals surface area contributed by atoms with Crippen molar-refractivity contribution in [3.05, 3.63) is 47.3 Å². The zero-order valence-electron chi connectivity index (χ0n) is 17.9. The van der Waals surface area contributed by atoms with E-state index in [0.717, 1.165) is 4.90 Å². The van der Waals surface area contributed by atoms with Gasteiger partial charge in [0.1, 0.15) is 18.0 Å². The maximum atomic E-state index is 15.0. The summed E-state index contributed by atoms with van der Waals surface area (Å²) in [5.41, 5.74) is -3.65. The summed E-state index contributed by atoms with van der Waals surface area (Å²) in [5.74, 6) is -1.08. The van der Waals surface area contributed by atoms with Crippen LogP contribution in [0, 0.1) is 17.1 Å². The molecule has 1 aliphatic carbocycles. The molecule has 2 aromatic rings. The first kappa shape index (κ1) is 23.3. The number of nitriles is 1. The second-order valence-corrected chi connectivity index (χ2v) is 8.83. The fraction of sp³-hybridized carbons (Fsp3) is 0.348. The summed E-state index contributed by atoms with van der Waals surface area (Å²) in [7, 11) is 0. The molecule has 1 saturated carbocycles. The van der Waals surface area contributed by atoms with Crippen LogP contribution >= 0.6 is 12.2 Å². The van der Waals surface area contributed by atoms with Gasteiger partial charge in [0.15, 0.2) is 22.7 Å². The quantitative estimate of drug-likeness (QED) is 0.498. The van der Waals surface area contributed by atoms with Crippen LogP contribution in [0.5, 0.6) is 11.5 Å². The normalized spacial score (nSPS) is 20.7. The molecule has 0 aromatic heterocycles. The lowest BCUT2D eigenvalue weighted by molar-refractivity contribution is -0.137. The highest BCUT2D eigenvalue weighted by molar-refractivity contribution is 7.81. The van der Waals surface area contributed by atoms with Crippen LogP contribution in [-0.2, 0) is 11.0 Å². The zero-order valence-corrected chi connectivity index (χ0v) is 18.7. The minimum Gasteiger partial charge on any atom is -0.486 e. The molecule has 2 aliphatic heterocycles. The molecule has 7 nitrogen and oxygen atoms in total. The number of halogens is 4. The second-order valence-electron chi connectivity index (χ2n) is 8.47. The molecule has 0 bridgehead atoms. The number of amides is 1. The fourth-order valence-corrected chi connectivity index (χ4v) is 5.05.